The predicted octanol–water partition coefficient (Wildman–Crippen LogP) is 7.77. The summed E-state index contributed by atoms with van der Waals surface area (Å²) in [6.07, 6.45) is 0. The SMILES string of the molecule is CC1=C(C)C(C)[C]([Zr]([CH3])([CH3])(=[SiH2])[CH]2C(C)=C(c3ccccc3)c3c(C)ccc(C)c32)=C1C. The van der Waals surface area contributed by atoms with Gasteiger partial charge in [0.2, 0.25) is 0 Å². The first kappa shape index (κ1) is 22.9. The number of fused-ring (bicyclic) bond motifs is 1. The monoisotopic (exact) mass is 504 g/mol. The van der Waals surface area contributed by atoms with Crippen LogP contribution in [0.15, 0.2) is 68.0 Å². The Morgan fingerprint density at radius 2 is 1.32 bits per heavy atom. The van der Waals surface area contributed by atoms with Crippen molar-refractivity contribution in [3.8, 4) is 0 Å². The number of benzene rings is 2. The Bertz CT molecular complexity index is 1260. The van der Waals surface area contributed by atoms with E-state index in [4.69, 9.17) is 0 Å². The van der Waals surface area contributed by atoms with Crippen molar-refractivity contribution < 1.29 is 17.4 Å². The van der Waals surface area contributed by atoms with Crippen molar-refractivity contribution in [3.05, 3.63) is 95.9 Å². The molecule has 31 heavy (non-hydrogen) atoms. The first-order chi connectivity index (χ1) is 14.4. The van der Waals surface area contributed by atoms with Crippen molar-refractivity contribution >= 4 is 12.5 Å². The zero-order valence-corrected chi connectivity index (χ0v) is 24.8. The third kappa shape index (κ3) is 3.24. The standard InChI is InChI=1S/C18H17.C9H13.2CH3.H2Si.Zr/c1-12-9-10-13(2)18-16(12)11-14(3)17(18)15-7-5-4-6-8-15;1-6-5-7(2)9(4)8(6)3;;;;/h4-11H,1-3H3;6H,1-4H3;2*1H3;1H2;. The van der Waals surface area contributed by atoms with Crippen LogP contribution in [0.4, 0.5) is 0 Å². The molecule has 2 unspecified atom stereocenters. The Morgan fingerprint density at radius 3 is 1.87 bits per heavy atom. The van der Waals surface area contributed by atoms with Crippen LogP contribution in [-0.4, -0.2) is 6.88 Å². The molecule has 0 saturated carbocycles. The molecule has 2 heteroatoms. The van der Waals surface area contributed by atoms with Crippen molar-refractivity contribution in [3.63, 3.8) is 0 Å². The second-order valence-corrected chi connectivity index (χ2v) is 40.7. The van der Waals surface area contributed by atoms with Crippen LogP contribution in [0.3, 0.4) is 0 Å². The normalized spacial score (nSPS) is 22.0. The van der Waals surface area contributed by atoms with E-state index in [1.165, 1.54) is 27.8 Å². The van der Waals surface area contributed by atoms with E-state index < -0.39 is 17.4 Å². The molecular formula is C29H38SiZr. The van der Waals surface area contributed by atoms with E-state index in [9.17, 15) is 0 Å². The molecule has 0 nitrogen and oxygen atoms in total. The molecule has 2 aliphatic rings. The molecule has 0 aromatic heterocycles. The second kappa shape index (κ2) is 7.39. The molecule has 0 spiro atoms. The first-order valence-corrected chi connectivity index (χ1v) is 25.2. The molecular weight excluding hydrogens is 468 g/mol. The fraction of sp³-hybridized carbons (Fsp3) is 0.379. The van der Waals surface area contributed by atoms with Gasteiger partial charge in [-0.25, -0.2) is 0 Å². The topological polar surface area (TPSA) is 0 Å². The molecule has 2 aliphatic carbocycles. The van der Waals surface area contributed by atoms with Crippen LogP contribution in [0.1, 0.15) is 66.1 Å². The van der Waals surface area contributed by atoms with Crippen molar-refractivity contribution in [2.75, 3.05) is 0 Å². The Labute approximate surface area is 192 Å². The third-order valence-corrected chi connectivity index (χ3v) is 25.9. The zero-order chi connectivity index (χ0) is 22.9. The van der Waals surface area contributed by atoms with E-state index in [1.54, 1.807) is 27.9 Å². The van der Waals surface area contributed by atoms with Crippen LogP contribution in [0.25, 0.3) is 5.57 Å². The number of allylic oxidation sites excluding steroid dienone is 5. The van der Waals surface area contributed by atoms with Gasteiger partial charge in [0.15, 0.2) is 0 Å². The Hall–Kier alpha value is -1.24. The Kier molecular flexibility index (Phi) is 5.47. The number of hydrogen-bond acceptors (Lipinski definition) is 0. The molecule has 0 saturated heterocycles. The van der Waals surface area contributed by atoms with Gasteiger partial charge < -0.3 is 0 Å². The predicted molar refractivity (Wildman–Crippen MR) is 137 cm³/mol. The molecule has 2 aromatic carbocycles. The average Bonchev–Trinajstić information content (AvgIpc) is 3.14. The summed E-state index contributed by atoms with van der Waals surface area (Å²) >= 11 is -3.43. The minimum atomic E-state index is -3.43. The van der Waals surface area contributed by atoms with E-state index in [0.717, 1.165) is 0 Å². The minimum absolute atomic E-state index is 0.566. The van der Waals surface area contributed by atoms with Gasteiger partial charge in [0, 0.05) is 0 Å². The van der Waals surface area contributed by atoms with Crippen molar-refractivity contribution in [2.45, 2.75) is 61.4 Å². The number of hydrogen-bond donors (Lipinski definition) is 0. The van der Waals surface area contributed by atoms with Crippen molar-refractivity contribution in [2.24, 2.45) is 5.92 Å². The van der Waals surface area contributed by atoms with Crippen LogP contribution in [0, 0.1) is 19.8 Å². The maximum atomic E-state index is 2.73. The van der Waals surface area contributed by atoms with Crippen LogP contribution in [0.5, 0.6) is 0 Å². The summed E-state index contributed by atoms with van der Waals surface area (Å²) in [5.41, 5.74) is 15.3. The van der Waals surface area contributed by atoms with E-state index in [1.807, 2.05) is 3.28 Å². The summed E-state index contributed by atoms with van der Waals surface area (Å²) in [5, 5.41) is 0. The summed E-state index contributed by atoms with van der Waals surface area (Å²) < 4.78 is 7.86. The molecule has 2 aromatic rings. The molecule has 4 rings (SSSR count). The van der Waals surface area contributed by atoms with Gasteiger partial charge in [-0.15, -0.1) is 0 Å². The van der Waals surface area contributed by atoms with Crippen LogP contribution in [-0.2, 0) is 17.4 Å². The van der Waals surface area contributed by atoms with E-state index in [0.29, 0.717) is 9.54 Å². The van der Waals surface area contributed by atoms with Crippen LogP contribution >= 0.6 is 0 Å². The summed E-state index contributed by atoms with van der Waals surface area (Å²) in [5.74, 6) is 0.584. The Morgan fingerprint density at radius 1 is 0.742 bits per heavy atom. The molecule has 2 atom stereocenters. The van der Waals surface area contributed by atoms with Crippen LogP contribution < -0.4 is 0 Å². The first-order valence-electron chi connectivity index (χ1n) is 11.7. The van der Waals surface area contributed by atoms with Crippen molar-refractivity contribution in [1.29, 1.82) is 0 Å². The number of rotatable bonds is 3. The van der Waals surface area contributed by atoms with E-state index in [-0.39, 0.29) is 0 Å². The molecule has 162 valence electrons. The second-order valence-electron chi connectivity index (χ2n) is 11.2. The van der Waals surface area contributed by atoms with Gasteiger partial charge in [0.1, 0.15) is 0 Å². The maximum absolute atomic E-state index is 3.43. The van der Waals surface area contributed by atoms with Gasteiger partial charge in [-0.2, -0.15) is 0 Å². The molecule has 0 heterocycles. The summed E-state index contributed by atoms with van der Waals surface area (Å²) in [4.78, 5) is 0. The van der Waals surface area contributed by atoms with Crippen molar-refractivity contribution in [1.82, 2.24) is 0 Å². The fourth-order valence-electron chi connectivity index (χ4n) is 7.07. The summed E-state index contributed by atoms with van der Waals surface area (Å²) in [6.45, 7) is 19.1. The molecule has 0 radical (unpaired) electrons. The number of aryl methyl sites for hydroxylation is 2. The van der Waals surface area contributed by atoms with Gasteiger partial charge in [-0.1, -0.05) is 0 Å². The van der Waals surface area contributed by atoms with Gasteiger partial charge in [-0.05, 0) is 0 Å². The van der Waals surface area contributed by atoms with Crippen LogP contribution in [0.2, 0.25) is 9.26 Å². The molecule has 0 fully saturated rings. The molecule has 0 aliphatic heterocycles. The van der Waals surface area contributed by atoms with Gasteiger partial charge >= 0.3 is 193 Å². The third-order valence-electron chi connectivity index (χ3n) is 8.55. The Balaban J connectivity index is 2.08. The van der Waals surface area contributed by atoms with E-state index in [2.05, 4.69) is 107 Å². The fourth-order valence-corrected chi connectivity index (χ4v) is 28.7. The summed E-state index contributed by atoms with van der Waals surface area (Å²) in [6, 6.07) is 15.8. The average molecular weight is 506 g/mol. The van der Waals surface area contributed by atoms with E-state index >= 15 is 0 Å². The summed E-state index contributed by atoms with van der Waals surface area (Å²) in [7, 11) is 0. The van der Waals surface area contributed by atoms with Gasteiger partial charge in [0.05, 0.1) is 0 Å². The van der Waals surface area contributed by atoms with Gasteiger partial charge in [-0.3, -0.25) is 0 Å². The molecule has 0 N–H and O–H groups in total. The molecule has 0 bridgehead atoms. The molecule has 0 amide bonds. The quantitative estimate of drug-likeness (QED) is 0.374. The van der Waals surface area contributed by atoms with Gasteiger partial charge in [0.25, 0.3) is 0 Å². The zero-order valence-electron chi connectivity index (χ0n) is 20.9.